The van der Waals surface area contributed by atoms with E-state index in [0.717, 1.165) is 73.7 Å². The van der Waals surface area contributed by atoms with Crippen molar-refractivity contribution in [3.63, 3.8) is 0 Å². The molecule has 7 nitrogen and oxygen atoms in total. The molecule has 1 fully saturated rings. The van der Waals surface area contributed by atoms with Gasteiger partial charge in [0.1, 0.15) is 17.1 Å². The fourth-order valence-corrected chi connectivity index (χ4v) is 6.49. The van der Waals surface area contributed by atoms with Crippen molar-refractivity contribution in [2.75, 3.05) is 58.3 Å². The Morgan fingerprint density at radius 3 is 2.47 bits per heavy atom. The third-order valence-corrected chi connectivity index (χ3v) is 9.09. The van der Waals surface area contributed by atoms with E-state index in [4.69, 9.17) is 21.1 Å². The molecule has 0 bridgehead atoms. The summed E-state index contributed by atoms with van der Waals surface area (Å²) < 4.78 is 11.8. The number of hydrogen-bond acceptors (Lipinski definition) is 6. The minimum absolute atomic E-state index is 0.299. The number of hydrogen-bond donors (Lipinski definition) is 1. The van der Waals surface area contributed by atoms with Crippen molar-refractivity contribution < 1.29 is 14.3 Å². The maximum absolute atomic E-state index is 12.9. The number of carbonyl (C=O) groups excluding carboxylic acids is 1. The lowest BCUT2D eigenvalue weighted by Gasteiger charge is -2.37. The molecule has 0 atom stereocenters. The van der Waals surface area contributed by atoms with Gasteiger partial charge in [-0.3, -0.25) is 4.90 Å². The number of esters is 1. The van der Waals surface area contributed by atoms with Gasteiger partial charge in [0.05, 0.1) is 6.61 Å². The standard InChI is InChI=1S/C39H43ClN4O3/c1-4-46-39(45)34-18-17-31(26-38(34)47-37-12-6-11-36-33(37)19-20-41-36)44-24-22-43(23-25-44)27-35-28(9-7-21-42(2)3)8-5-10-32(35)29-13-15-30(40)16-14-29/h5-6,8,10-20,26,41H,4,7,9,21-25,27H2,1-3H3. The van der Waals surface area contributed by atoms with Crippen molar-refractivity contribution in [1.29, 1.82) is 0 Å². The summed E-state index contributed by atoms with van der Waals surface area (Å²) in [6.07, 6.45) is 4.05. The molecule has 2 heterocycles. The van der Waals surface area contributed by atoms with Crippen molar-refractivity contribution >= 4 is 34.2 Å². The average Bonchev–Trinajstić information content (AvgIpc) is 3.56. The van der Waals surface area contributed by atoms with Crippen LogP contribution < -0.4 is 9.64 Å². The summed E-state index contributed by atoms with van der Waals surface area (Å²) >= 11 is 6.25. The molecule has 6 rings (SSSR count). The van der Waals surface area contributed by atoms with Gasteiger partial charge in [-0.15, -0.1) is 0 Å². The van der Waals surface area contributed by atoms with E-state index in [2.05, 4.69) is 64.1 Å². The average molecular weight is 651 g/mol. The number of anilines is 1. The summed E-state index contributed by atoms with van der Waals surface area (Å²) in [7, 11) is 4.26. The van der Waals surface area contributed by atoms with Crippen LogP contribution >= 0.6 is 11.6 Å². The van der Waals surface area contributed by atoms with E-state index in [-0.39, 0.29) is 5.97 Å². The summed E-state index contributed by atoms with van der Waals surface area (Å²) in [4.78, 5) is 23.3. The van der Waals surface area contributed by atoms with E-state index in [0.29, 0.717) is 23.7 Å². The Morgan fingerprint density at radius 1 is 0.915 bits per heavy atom. The molecule has 1 aliphatic heterocycles. The highest BCUT2D eigenvalue weighted by Gasteiger charge is 2.23. The second-order valence-electron chi connectivity index (χ2n) is 12.3. The lowest BCUT2D eigenvalue weighted by atomic mass is 9.92. The molecule has 8 heteroatoms. The van der Waals surface area contributed by atoms with Crippen molar-refractivity contribution in [3.8, 4) is 22.6 Å². The zero-order valence-corrected chi connectivity index (χ0v) is 28.2. The maximum Gasteiger partial charge on any atom is 0.341 e. The fourth-order valence-electron chi connectivity index (χ4n) is 6.36. The molecule has 0 aliphatic carbocycles. The minimum atomic E-state index is -0.388. The molecule has 4 aromatic carbocycles. The summed E-state index contributed by atoms with van der Waals surface area (Å²) in [6, 6.07) is 28.6. The van der Waals surface area contributed by atoms with Gasteiger partial charge in [-0.25, -0.2) is 4.79 Å². The topological polar surface area (TPSA) is 61.0 Å². The molecule has 0 amide bonds. The molecule has 1 N–H and O–H groups in total. The molecule has 1 aliphatic rings. The van der Waals surface area contributed by atoms with Gasteiger partial charge in [0.25, 0.3) is 0 Å². The van der Waals surface area contributed by atoms with Gasteiger partial charge in [0.2, 0.25) is 0 Å². The largest absolute Gasteiger partial charge is 0.462 e. The van der Waals surface area contributed by atoms with Gasteiger partial charge in [-0.05, 0) is 105 Å². The third-order valence-electron chi connectivity index (χ3n) is 8.83. The summed E-state index contributed by atoms with van der Waals surface area (Å²) in [5.74, 6) is 0.800. The Balaban J connectivity index is 1.21. The molecule has 1 aromatic heterocycles. The van der Waals surface area contributed by atoms with Crippen LogP contribution in [0.1, 0.15) is 34.8 Å². The number of piperazine rings is 1. The predicted molar refractivity (Wildman–Crippen MR) is 192 cm³/mol. The molecular formula is C39H43ClN4O3. The van der Waals surface area contributed by atoms with Crippen LogP contribution in [-0.2, 0) is 17.7 Å². The van der Waals surface area contributed by atoms with Crippen molar-refractivity contribution in [2.24, 2.45) is 0 Å². The van der Waals surface area contributed by atoms with Gasteiger partial charge >= 0.3 is 5.97 Å². The Bertz CT molecular complexity index is 1810. The number of nitrogens with zero attached hydrogens (tertiary/aromatic N) is 3. The maximum atomic E-state index is 12.9. The first-order valence-electron chi connectivity index (χ1n) is 16.4. The summed E-state index contributed by atoms with van der Waals surface area (Å²) in [5.41, 5.74) is 7.71. The Kier molecular flexibility index (Phi) is 10.5. The van der Waals surface area contributed by atoms with Crippen LogP contribution in [0.5, 0.6) is 11.5 Å². The number of carbonyl (C=O) groups is 1. The number of aryl methyl sites for hydroxylation is 1. The van der Waals surface area contributed by atoms with E-state index < -0.39 is 0 Å². The number of aromatic amines is 1. The van der Waals surface area contributed by atoms with Crippen LogP contribution in [0.2, 0.25) is 5.02 Å². The number of halogens is 1. The summed E-state index contributed by atoms with van der Waals surface area (Å²) in [5, 5.41) is 1.71. The third kappa shape index (κ3) is 7.82. The first-order valence-corrected chi connectivity index (χ1v) is 16.8. The highest BCUT2D eigenvalue weighted by molar-refractivity contribution is 6.30. The second kappa shape index (κ2) is 15.1. The van der Waals surface area contributed by atoms with Crippen LogP contribution in [0, 0.1) is 0 Å². The Morgan fingerprint density at radius 2 is 1.70 bits per heavy atom. The van der Waals surface area contributed by atoms with Crippen LogP contribution in [0.25, 0.3) is 22.0 Å². The predicted octanol–water partition coefficient (Wildman–Crippen LogP) is 8.27. The molecule has 0 spiro atoms. The number of benzene rings is 4. The van der Waals surface area contributed by atoms with Crippen molar-refractivity contribution in [3.05, 3.63) is 113 Å². The van der Waals surface area contributed by atoms with E-state index in [1.54, 1.807) is 0 Å². The van der Waals surface area contributed by atoms with Crippen LogP contribution in [0.15, 0.2) is 91.1 Å². The van der Waals surface area contributed by atoms with Crippen molar-refractivity contribution in [2.45, 2.75) is 26.3 Å². The van der Waals surface area contributed by atoms with E-state index in [1.807, 2.05) is 67.7 Å². The zero-order chi connectivity index (χ0) is 32.8. The molecule has 0 radical (unpaired) electrons. The van der Waals surface area contributed by atoms with Gasteiger partial charge in [0.15, 0.2) is 0 Å². The number of nitrogens with one attached hydrogen (secondary N) is 1. The highest BCUT2D eigenvalue weighted by Crippen LogP contribution is 2.35. The number of H-pyrrole nitrogens is 1. The monoisotopic (exact) mass is 650 g/mol. The SMILES string of the molecule is CCOC(=O)c1ccc(N2CCN(Cc3c(CCCN(C)C)cccc3-c3ccc(Cl)cc3)CC2)cc1Oc1cccc2[nH]ccc12. The first kappa shape index (κ1) is 32.6. The van der Waals surface area contributed by atoms with Gasteiger partial charge in [-0.1, -0.05) is 48.0 Å². The van der Waals surface area contributed by atoms with Gasteiger partial charge in [0, 0.05) is 66.6 Å². The van der Waals surface area contributed by atoms with Crippen LogP contribution in [0.4, 0.5) is 5.69 Å². The Labute approximate surface area is 282 Å². The van der Waals surface area contributed by atoms with Crippen LogP contribution in [-0.4, -0.2) is 74.2 Å². The lowest BCUT2D eigenvalue weighted by molar-refractivity contribution is 0.0523. The minimum Gasteiger partial charge on any atom is -0.462 e. The number of rotatable bonds is 12. The molecular weight excluding hydrogens is 608 g/mol. The number of ether oxygens (including phenoxy) is 2. The molecule has 244 valence electrons. The number of aromatic nitrogens is 1. The first-order chi connectivity index (χ1) is 22.9. The molecule has 5 aromatic rings. The van der Waals surface area contributed by atoms with Crippen molar-refractivity contribution in [1.82, 2.24) is 14.8 Å². The Hall–Kier alpha value is -4.30. The smallest absolute Gasteiger partial charge is 0.341 e. The molecule has 0 saturated carbocycles. The summed E-state index contributed by atoms with van der Waals surface area (Å²) in [6.45, 7) is 7.64. The quantitative estimate of drug-likeness (QED) is 0.137. The van der Waals surface area contributed by atoms with E-state index >= 15 is 0 Å². The normalized spacial score (nSPS) is 13.8. The van der Waals surface area contributed by atoms with E-state index in [1.165, 1.54) is 22.3 Å². The molecule has 47 heavy (non-hydrogen) atoms. The van der Waals surface area contributed by atoms with Gasteiger partial charge in [-0.2, -0.15) is 0 Å². The highest BCUT2D eigenvalue weighted by atomic mass is 35.5. The zero-order valence-electron chi connectivity index (χ0n) is 27.5. The van der Waals surface area contributed by atoms with Crippen LogP contribution in [0.3, 0.4) is 0 Å². The van der Waals surface area contributed by atoms with Gasteiger partial charge < -0.3 is 24.3 Å². The molecule has 1 saturated heterocycles. The number of fused-ring (bicyclic) bond motifs is 1. The van der Waals surface area contributed by atoms with E-state index in [9.17, 15) is 4.79 Å². The fraction of sp³-hybridized carbons (Fsp3) is 0.308. The lowest BCUT2D eigenvalue weighted by Crippen LogP contribution is -2.46. The second-order valence-corrected chi connectivity index (χ2v) is 12.8. The molecule has 0 unspecified atom stereocenters.